The van der Waals surface area contributed by atoms with Gasteiger partial charge < -0.3 is 24.2 Å². The van der Waals surface area contributed by atoms with Crippen molar-refractivity contribution in [2.75, 3.05) is 52.3 Å². The summed E-state index contributed by atoms with van der Waals surface area (Å²) in [5.74, 6) is 0.0470. The molecule has 0 bridgehead atoms. The van der Waals surface area contributed by atoms with Crippen LogP contribution < -0.4 is 14.4 Å². The molecular weight excluding hydrogens is 473 g/mol. The maximum absolute atomic E-state index is 14.3. The Balaban J connectivity index is 1.49. The molecule has 3 aromatic rings. The number of carbonyl (C=O) groups is 2. The zero-order valence-corrected chi connectivity index (χ0v) is 21.2. The fourth-order valence-corrected chi connectivity index (χ4v) is 5.47. The highest BCUT2D eigenvalue weighted by Crippen LogP contribution is 2.44. The van der Waals surface area contributed by atoms with Crippen LogP contribution in [0.3, 0.4) is 0 Å². The fraction of sp³-hybridized carbons (Fsp3) is 0.310. The number of likely N-dealkylation sites (N-methyl/N-ethyl adjacent to an activating group) is 1. The minimum absolute atomic E-state index is 0.0558. The standard InChI is InChI=1S/C29H30FN3O4/c1-31-27(19-12-13-24(36-2)25(18-19)37-3)26(20-8-4-5-9-21(20)28(31)34)29(35)33-16-14-32(15-17-33)23-11-7-6-10-22(23)30/h4-13,18,26-27H,14-17H2,1-3H3/t26-,27-/m0/s1. The molecule has 2 heterocycles. The van der Waals surface area contributed by atoms with E-state index in [1.165, 1.54) is 6.07 Å². The van der Waals surface area contributed by atoms with Gasteiger partial charge in [0.2, 0.25) is 5.91 Å². The van der Waals surface area contributed by atoms with Crippen molar-refractivity contribution in [2.24, 2.45) is 0 Å². The number of rotatable bonds is 5. The van der Waals surface area contributed by atoms with E-state index in [0.29, 0.717) is 54.5 Å². The van der Waals surface area contributed by atoms with E-state index < -0.39 is 12.0 Å². The van der Waals surface area contributed by atoms with E-state index in [-0.39, 0.29) is 17.6 Å². The van der Waals surface area contributed by atoms with Crippen molar-refractivity contribution >= 4 is 17.5 Å². The molecule has 192 valence electrons. The molecule has 8 heteroatoms. The van der Waals surface area contributed by atoms with Crippen LogP contribution in [0, 0.1) is 5.82 Å². The van der Waals surface area contributed by atoms with E-state index in [4.69, 9.17) is 9.47 Å². The molecule has 2 aliphatic rings. The lowest BCUT2D eigenvalue weighted by molar-refractivity contribution is -0.134. The fourth-order valence-electron chi connectivity index (χ4n) is 5.47. The molecule has 2 aliphatic heterocycles. The maximum atomic E-state index is 14.3. The van der Waals surface area contributed by atoms with Crippen molar-refractivity contribution in [2.45, 2.75) is 12.0 Å². The molecule has 2 atom stereocenters. The molecule has 0 radical (unpaired) electrons. The number of para-hydroxylation sites is 1. The zero-order chi connectivity index (χ0) is 26.1. The van der Waals surface area contributed by atoms with Gasteiger partial charge in [-0.2, -0.15) is 0 Å². The summed E-state index contributed by atoms with van der Waals surface area (Å²) in [6.07, 6.45) is 0. The third kappa shape index (κ3) is 4.37. The molecule has 0 aromatic heterocycles. The molecular formula is C29H30FN3O4. The first-order valence-electron chi connectivity index (χ1n) is 12.3. The van der Waals surface area contributed by atoms with Crippen LogP contribution in [0.15, 0.2) is 66.7 Å². The molecule has 0 unspecified atom stereocenters. The average molecular weight is 504 g/mol. The van der Waals surface area contributed by atoms with Gasteiger partial charge in [-0.05, 0) is 41.5 Å². The van der Waals surface area contributed by atoms with Gasteiger partial charge in [0.1, 0.15) is 5.82 Å². The Morgan fingerprint density at radius 3 is 2.27 bits per heavy atom. The second-order valence-corrected chi connectivity index (χ2v) is 9.30. The minimum atomic E-state index is -0.600. The molecule has 1 fully saturated rings. The predicted molar refractivity (Wildman–Crippen MR) is 139 cm³/mol. The number of carbonyl (C=O) groups excluding carboxylic acids is 2. The highest BCUT2D eigenvalue weighted by Gasteiger charge is 2.44. The summed E-state index contributed by atoms with van der Waals surface area (Å²) < 4.78 is 25.3. The first kappa shape index (κ1) is 24.6. The van der Waals surface area contributed by atoms with E-state index >= 15 is 0 Å². The summed E-state index contributed by atoms with van der Waals surface area (Å²) in [6, 6.07) is 19.0. The van der Waals surface area contributed by atoms with Crippen LogP contribution in [0.4, 0.5) is 10.1 Å². The number of amides is 2. The van der Waals surface area contributed by atoms with E-state index in [1.54, 1.807) is 50.4 Å². The molecule has 3 aromatic carbocycles. The van der Waals surface area contributed by atoms with Gasteiger partial charge in [-0.3, -0.25) is 9.59 Å². The van der Waals surface area contributed by atoms with Crippen molar-refractivity contribution in [1.82, 2.24) is 9.80 Å². The summed E-state index contributed by atoms with van der Waals surface area (Å²) >= 11 is 0. The molecule has 37 heavy (non-hydrogen) atoms. The number of hydrogen-bond donors (Lipinski definition) is 0. The summed E-state index contributed by atoms with van der Waals surface area (Å²) in [5.41, 5.74) is 2.58. The molecule has 0 spiro atoms. The lowest BCUT2D eigenvalue weighted by Crippen LogP contribution is -2.53. The first-order valence-corrected chi connectivity index (χ1v) is 12.3. The number of halogens is 1. The van der Waals surface area contributed by atoms with Crippen LogP contribution in [-0.2, 0) is 4.79 Å². The van der Waals surface area contributed by atoms with Crippen molar-refractivity contribution in [3.63, 3.8) is 0 Å². The molecule has 1 saturated heterocycles. The molecule has 0 saturated carbocycles. The van der Waals surface area contributed by atoms with Crippen LogP contribution in [0.5, 0.6) is 11.5 Å². The Hall–Kier alpha value is -4.07. The summed E-state index contributed by atoms with van der Waals surface area (Å²) in [4.78, 5) is 33.0. The van der Waals surface area contributed by atoms with E-state index in [0.717, 1.165) is 5.56 Å². The second-order valence-electron chi connectivity index (χ2n) is 9.30. The van der Waals surface area contributed by atoms with Gasteiger partial charge in [-0.15, -0.1) is 0 Å². The van der Waals surface area contributed by atoms with Gasteiger partial charge in [-0.1, -0.05) is 36.4 Å². The smallest absolute Gasteiger partial charge is 0.254 e. The lowest BCUT2D eigenvalue weighted by Gasteiger charge is -2.43. The number of methoxy groups -OCH3 is 2. The quantitative estimate of drug-likeness (QED) is 0.525. The Morgan fingerprint density at radius 1 is 0.892 bits per heavy atom. The maximum Gasteiger partial charge on any atom is 0.254 e. The number of ether oxygens (including phenoxy) is 2. The van der Waals surface area contributed by atoms with Gasteiger partial charge in [0.05, 0.1) is 31.9 Å². The summed E-state index contributed by atoms with van der Waals surface area (Å²) in [6.45, 7) is 1.97. The first-order chi connectivity index (χ1) is 17.9. The Morgan fingerprint density at radius 2 is 1.57 bits per heavy atom. The van der Waals surface area contributed by atoms with E-state index in [9.17, 15) is 14.0 Å². The third-order valence-corrected chi connectivity index (χ3v) is 7.38. The Kier molecular flexibility index (Phi) is 6.74. The minimum Gasteiger partial charge on any atom is -0.493 e. The predicted octanol–water partition coefficient (Wildman–Crippen LogP) is 4.10. The van der Waals surface area contributed by atoms with E-state index in [2.05, 4.69) is 0 Å². The normalized spacial score (nSPS) is 19.5. The highest BCUT2D eigenvalue weighted by molar-refractivity contribution is 6.01. The molecule has 0 N–H and O–H groups in total. The van der Waals surface area contributed by atoms with Crippen LogP contribution in [0.1, 0.15) is 33.4 Å². The van der Waals surface area contributed by atoms with Crippen molar-refractivity contribution in [3.8, 4) is 11.5 Å². The van der Waals surface area contributed by atoms with Gasteiger partial charge in [0.25, 0.3) is 5.91 Å². The Bertz CT molecular complexity index is 1320. The van der Waals surface area contributed by atoms with Gasteiger partial charge in [0, 0.05) is 38.8 Å². The third-order valence-electron chi connectivity index (χ3n) is 7.38. The molecule has 7 nitrogen and oxygen atoms in total. The average Bonchev–Trinajstić information content (AvgIpc) is 2.94. The highest BCUT2D eigenvalue weighted by atomic mass is 19.1. The number of fused-ring (bicyclic) bond motifs is 1. The van der Waals surface area contributed by atoms with Gasteiger partial charge in [0.15, 0.2) is 11.5 Å². The Labute approximate surface area is 216 Å². The monoisotopic (exact) mass is 503 g/mol. The van der Waals surface area contributed by atoms with Crippen molar-refractivity contribution in [1.29, 1.82) is 0 Å². The van der Waals surface area contributed by atoms with Crippen LogP contribution >= 0.6 is 0 Å². The second kappa shape index (κ2) is 10.1. The van der Waals surface area contributed by atoms with Crippen molar-refractivity contribution in [3.05, 3.63) is 89.2 Å². The number of anilines is 1. The number of benzene rings is 3. The SMILES string of the molecule is COc1ccc([C@H]2[C@@H](C(=O)N3CCN(c4ccccc4F)CC3)c3ccccc3C(=O)N2C)cc1OC. The molecule has 5 rings (SSSR count). The number of hydrogen-bond acceptors (Lipinski definition) is 5. The molecule has 2 amide bonds. The van der Waals surface area contributed by atoms with Crippen LogP contribution in [0.2, 0.25) is 0 Å². The zero-order valence-electron chi connectivity index (χ0n) is 21.2. The van der Waals surface area contributed by atoms with Gasteiger partial charge in [-0.25, -0.2) is 4.39 Å². The lowest BCUT2D eigenvalue weighted by atomic mass is 9.79. The van der Waals surface area contributed by atoms with Crippen molar-refractivity contribution < 1.29 is 23.5 Å². The largest absolute Gasteiger partial charge is 0.493 e. The van der Waals surface area contributed by atoms with Gasteiger partial charge >= 0.3 is 0 Å². The summed E-state index contributed by atoms with van der Waals surface area (Å²) in [5, 5.41) is 0. The molecule has 0 aliphatic carbocycles. The van der Waals surface area contributed by atoms with Crippen LogP contribution in [0.25, 0.3) is 0 Å². The summed E-state index contributed by atoms with van der Waals surface area (Å²) in [7, 11) is 4.86. The number of nitrogens with zero attached hydrogens (tertiary/aromatic N) is 3. The topological polar surface area (TPSA) is 62.3 Å². The van der Waals surface area contributed by atoms with E-state index in [1.807, 2.05) is 46.2 Å². The van der Waals surface area contributed by atoms with Crippen LogP contribution in [-0.4, -0.2) is 69.1 Å². The number of piperazine rings is 1.